The van der Waals surface area contributed by atoms with Crippen molar-refractivity contribution in [3.05, 3.63) is 35.4 Å². The molecule has 0 saturated heterocycles. The molecule has 0 saturated carbocycles. The molecule has 0 aliphatic carbocycles. The Morgan fingerprint density at radius 2 is 1.44 bits per heavy atom. The van der Waals surface area contributed by atoms with Gasteiger partial charge in [-0.2, -0.15) is 0 Å². The summed E-state index contributed by atoms with van der Waals surface area (Å²) in [5.74, 6) is -2.40. The van der Waals surface area contributed by atoms with Gasteiger partial charge in [-0.05, 0) is 38.3 Å². The first-order valence-corrected chi connectivity index (χ1v) is 8.50. The molecule has 1 aliphatic heterocycles. The monoisotopic (exact) mass is 376 g/mol. The smallest absolute Gasteiger partial charge is 0.408 e. The summed E-state index contributed by atoms with van der Waals surface area (Å²) in [6, 6.07) is 5.03. The number of ether oxygens (including phenoxy) is 1. The highest BCUT2D eigenvalue weighted by Gasteiger charge is 2.42. The van der Waals surface area contributed by atoms with E-state index in [1.807, 2.05) is 0 Å². The highest BCUT2D eigenvalue weighted by molar-refractivity contribution is 6.20. The van der Waals surface area contributed by atoms with Gasteiger partial charge in [-0.3, -0.25) is 9.59 Å². The number of carbonyl (C=O) groups is 4. The SMILES string of the molecule is CC(C)(C)OC(=O)N[C@H](C(=O)ON1C(=O)c2ccccc2C1=O)C(C)(C)C. The van der Waals surface area contributed by atoms with Gasteiger partial charge >= 0.3 is 12.1 Å². The number of alkyl carbamates (subject to hydrolysis) is 1. The van der Waals surface area contributed by atoms with Crippen molar-refractivity contribution in [2.45, 2.75) is 53.2 Å². The summed E-state index contributed by atoms with van der Waals surface area (Å²) in [4.78, 5) is 54.5. The lowest BCUT2D eigenvalue weighted by Gasteiger charge is -2.31. The van der Waals surface area contributed by atoms with E-state index in [4.69, 9.17) is 9.57 Å². The van der Waals surface area contributed by atoms with Crippen LogP contribution in [0.1, 0.15) is 62.3 Å². The highest BCUT2D eigenvalue weighted by Crippen LogP contribution is 2.26. The van der Waals surface area contributed by atoms with E-state index in [1.165, 1.54) is 12.1 Å². The quantitative estimate of drug-likeness (QED) is 0.814. The second-order valence-electron chi connectivity index (χ2n) is 8.31. The third kappa shape index (κ3) is 4.64. The molecule has 2 rings (SSSR count). The Morgan fingerprint density at radius 1 is 0.963 bits per heavy atom. The first-order chi connectivity index (χ1) is 12.3. The minimum atomic E-state index is -1.14. The molecule has 1 N–H and O–H groups in total. The van der Waals surface area contributed by atoms with Crippen LogP contribution < -0.4 is 5.32 Å². The number of hydrogen-bond donors (Lipinski definition) is 1. The standard InChI is InChI=1S/C19H24N2O6/c1-18(2,3)13(20-17(25)26-19(4,5)6)16(24)27-21-14(22)11-9-7-8-10-12(11)15(21)23/h7-10,13H,1-6H3,(H,20,25)/t13-/m1/s1. The first-order valence-electron chi connectivity index (χ1n) is 8.50. The number of hydroxylamine groups is 2. The van der Waals surface area contributed by atoms with Gasteiger partial charge in [0.05, 0.1) is 11.1 Å². The Balaban J connectivity index is 2.17. The Kier molecular flexibility index (Phi) is 5.30. The number of imide groups is 1. The third-order valence-electron chi connectivity index (χ3n) is 3.70. The summed E-state index contributed by atoms with van der Waals surface area (Å²) >= 11 is 0. The van der Waals surface area contributed by atoms with Crippen molar-refractivity contribution in [3.63, 3.8) is 0 Å². The van der Waals surface area contributed by atoms with Crippen LogP contribution >= 0.6 is 0 Å². The summed E-state index contributed by atoms with van der Waals surface area (Å²) in [5.41, 5.74) is -1.20. The van der Waals surface area contributed by atoms with Gasteiger partial charge in [0.1, 0.15) is 11.6 Å². The molecule has 0 aromatic heterocycles. The number of rotatable bonds is 3. The van der Waals surface area contributed by atoms with Crippen LogP contribution in [0.3, 0.4) is 0 Å². The molecular weight excluding hydrogens is 352 g/mol. The van der Waals surface area contributed by atoms with Gasteiger partial charge in [-0.25, -0.2) is 9.59 Å². The molecule has 0 spiro atoms. The third-order valence-corrected chi connectivity index (χ3v) is 3.70. The van der Waals surface area contributed by atoms with Gasteiger partial charge in [-0.15, -0.1) is 0 Å². The van der Waals surface area contributed by atoms with E-state index >= 15 is 0 Å². The largest absolute Gasteiger partial charge is 0.444 e. The number of fused-ring (bicyclic) bond motifs is 1. The molecule has 8 nitrogen and oxygen atoms in total. The van der Waals surface area contributed by atoms with Gasteiger partial charge in [0.2, 0.25) is 0 Å². The minimum Gasteiger partial charge on any atom is -0.444 e. The van der Waals surface area contributed by atoms with E-state index in [9.17, 15) is 19.2 Å². The van der Waals surface area contributed by atoms with Crippen LogP contribution in [0, 0.1) is 5.41 Å². The van der Waals surface area contributed by atoms with E-state index in [2.05, 4.69) is 5.32 Å². The Bertz CT molecular complexity index is 753. The molecule has 1 aliphatic rings. The van der Waals surface area contributed by atoms with Crippen LogP contribution in [-0.2, 0) is 14.4 Å². The average molecular weight is 376 g/mol. The van der Waals surface area contributed by atoms with E-state index in [0.29, 0.717) is 5.06 Å². The highest BCUT2D eigenvalue weighted by atomic mass is 16.7. The molecule has 8 heteroatoms. The van der Waals surface area contributed by atoms with Crippen molar-refractivity contribution in [2.24, 2.45) is 5.41 Å². The minimum absolute atomic E-state index is 0.155. The molecule has 3 amide bonds. The molecule has 27 heavy (non-hydrogen) atoms. The van der Waals surface area contributed by atoms with Crippen molar-refractivity contribution in [1.29, 1.82) is 0 Å². The van der Waals surface area contributed by atoms with E-state index in [0.717, 1.165) is 0 Å². The maximum Gasteiger partial charge on any atom is 0.408 e. The zero-order chi connectivity index (χ0) is 20.6. The summed E-state index contributed by atoms with van der Waals surface area (Å²) in [6.07, 6.45) is -0.804. The van der Waals surface area contributed by atoms with Gasteiger partial charge in [0.25, 0.3) is 11.8 Å². The van der Waals surface area contributed by atoms with Crippen molar-refractivity contribution < 1.29 is 28.8 Å². The van der Waals surface area contributed by atoms with Gasteiger partial charge in [-0.1, -0.05) is 38.0 Å². The summed E-state index contributed by atoms with van der Waals surface area (Å²) < 4.78 is 5.17. The van der Waals surface area contributed by atoms with Crippen molar-refractivity contribution in [3.8, 4) is 0 Å². The second kappa shape index (κ2) is 7.02. The second-order valence-corrected chi connectivity index (χ2v) is 8.31. The normalized spacial score (nSPS) is 15.3. The molecule has 146 valence electrons. The Morgan fingerprint density at radius 3 is 1.85 bits per heavy atom. The molecule has 1 atom stereocenters. The van der Waals surface area contributed by atoms with E-state index in [1.54, 1.807) is 53.7 Å². The zero-order valence-electron chi connectivity index (χ0n) is 16.3. The summed E-state index contributed by atoms with van der Waals surface area (Å²) in [7, 11) is 0. The molecule has 1 aromatic carbocycles. The number of benzene rings is 1. The van der Waals surface area contributed by atoms with Crippen LogP contribution in [0.25, 0.3) is 0 Å². The van der Waals surface area contributed by atoms with Crippen LogP contribution in [0.4, 0.5) is 4.79 Å². The fraction of sp³-hybridized carbons (Fsp3) is 0.474. The van der Waals surface area contributed by atoms with Crippen LogP contribution in [0.5, 0.6) is 0 Å². The average Bonchev–Trinajstić information content (AvgIpc) is 2.75. The molecule has 1 heterocycles. The van der Waals surface area contributed by atoms with Crippen LogP contribution in [0.2, 0.25) is 0 Å². The lowest BCUT2D eigenvalue weighted by Crippen LogP contribution is -2.52. The maximum atomic E-state index is 12.7. The maximum absolute atomic E-state index is 12.7. The van der Waals surface area contributed by atoms with Crippen LogP contribution in [-0.4, -0.2) is 40.6 Å². The predicted octanol–water partition coefficient (Wildman–Crippen LogP) is 2.68. The zero-order valence-corrected chi connectivity index (χ0v) is 16.3. The lowest BCUT2D eigenvalue weighted by molar-refractivity contribution is -0.174. The Labute approximate surface area is 157 Å². The van der Waals surface area contributed by atoms with Gasteiger partial charge < -0.3 is 14.9 Å². The number of nitrogens with zero attached hydrogens (tertiary/aromatic N) is 1. The predicted molar refractivity (Wildman–Crippen MR) is 95.6 cm³/mol. The molecule has 1 aromatic rings. The summed E-state index contributed by atoms with van der Waals surface area (Å²) in [5, 5.41) is 2.87. The number of carbonyl (C=O) groups excluding carboxylic acids is 4. The van der Waals surface area contributed by atoms with Crippen molar-refractivity contribution >= 4 is 23.9 Å². The number of amides is 3. The van der Waals surface area contributed by atoms with Crippen LogP contribution in [0.15, 0.2) is 24.3 Å². The van der Waals surface area contributed by atoms with Gasteiger partial charge in [0.15, 0.2) is 0 Å². The first kappa shape index (κ1) is 20.4. The fourth-order valence-electron chi connectivity index (χ4n) is 2.45. The van der Waals surface area contributed by atoms with Gasteiger partial charge in [0, 0.05) is 0 Å². The molecule has 0 radical (unpaired) electrons. The molecular formula is C19H24N2O6. The van der Waals surface area contributed by atoms with E-state index < -0.39 is 40.9 Å². The Hall–Kier alpha value is -2.90. The lowest BCUT2D eigenvalue weighted by atomic mass is 9.87. The molecule has 0 fully saturated rings. The van der Waals surface area contributed by atoms with Crippen molar-refractivity contribution in [2.75, 3.05) is 0 Å². The van der Waals surface area contributed by atoms with Crippen molar-refractivity contribution in [1.82, 2.24) is 10.4 Å². The topological polar surface area (TPSA) is 102 Å². The fourth-order valence-corrected chi connectivity index (χ4v) is 2.45. The molecule has 0 unspecified atom stereocenters. The number of hydrogen-bond acceptors (Lipinski definition) is 6. The number of nitrogens with one attached hydrogen (secondary N) is 1. The van der Waals surface area contributed by atoms with E-state index in [-0.39, 0.29) is 11.1 Å². The summed E-state index contributed by atoms with van der Waals surface area (Å²) in [6.45, 7) is 10.2. The molecule has 0 bridgehead atoms.